The Morgan fingerprint density at radius 3 is 2.70 bits per heavy atom. The van der Waals surface area contributed by atoms with Crippen LogP contribution in [0.5, 0.6) is 5.75 Å². The molecule has 0 N–H and O–H groups in total. The van der Waals surface area contributed by atoms with Gasteiger partial charge in [-0.25, -0.2) is 13.2 Å². The molecule has 2 rings (SSSR count). The van der Waals surface area contributed by atoms with Gasteiger partial charge in [0.15, 0.2) is 6.61 Å². The first-order valence-electron chi connectivity index (χ1n) is 6.80. The molecular weight excluding hydrogens is 324 g/mol. The highest BCUT2D eigenvalue weighted by Crippen LogP contribution is 2.28. The second-order valence-corrected chi connectivity index (χ2v) is 6.52. The van der Waals surface area contributed by atoms with Crippen LogP contribution in [-0.4, -0.2) is 58.7 Å². The molecule has 0 saturated carbocycles. The molecule has 0 atom stereocenters. The fourth-order valence-corrected chi connectivity index (χ4v) is 3.70. The maximum atomic E-state index is 12.7. The van der Waals surface area contributed by atoms with Crippen molar-refractivity contribution >= 4 is 16.0 Å². The zero-order valence-corrected chi connectivity index (χ0v) is 13.3. The van der Waals surface area contributed by atoms with Gasteiger partial charge in [-0.2, -0.15) is 9.57 Å². The van der Waals surface area contributed by atoms with E-state index in [0.717, 1.165) is 0 Å². The predicted octanol–water partition coefficient (Wildman–Crippen LogP) is 0.396. The highest BCUT2D eigenvalue weighted by molar-refractivity contribution is 7.89. The van der Waals surface area contributed by atoms with Crippen molar-refractivity contribution in [3.63, 3.8) is 0 Å². The molecule has 9 heteroatoms. The molecule has 0 aromatic heterocycles. The minimum atomic E-state index is -3.83. The minimum Gasteiger partial charge on any atom is -0.495 e. The largest absolute Gasteiger partial charge is 0.495 e. The van der Waals surface area contributed by atoms with E-state index in [1.165, 1.54) is 29.6 Å². The van der Waals surface area contributed by atoms with Gasteiger partial charge in [0, 0.05) is 13.1 Å². The molecule has 0 bridgehead atoms. The molecule has 0 radical (unpaired) electrons. The lowest BCUT2D eigenvalue weighted by Crippen LogP contribution is -2.40. The summed E-state index contributed by atoms with van der Waals surface area (Å²) in [6, 6.07) is 5.65. The standard InChI is InChI=1S/C14H16N2O6S/c1-20-12-3-2-11(14(17)22-7-4-15)10-13(12)23(18,19)16-5-8-21-9-6-16/h2-3,10H,5-9H2,1H3. The summed E-state index contributed by atoms with van der Waals surface area (Å²) in [4.78, 5) is 11.7. The smallest absolute Gasteiger partial charge is 0.339 e. The molecule has 8 nitrogen and oxygen atoms in total. The van der Waals surface area contributed by atoms with Crippen LogP contribution >= 0.6 is 0 Å². The van der Waals surface area contributed by atoms with Crippen molar-refractivity contribution < 1.29 is 27.4 Å². The van der Waals surface area contributed by atoms with E-state index in [1.54, 1.807) is 6.07 Å². The van der Waals surface area contributed by atoms with E-state index in [1.807, 2.05) is 0 Å². The third-order valence-electron chi connectivity index (χ3n) is 3.26. The third-order valence-corrected chi connectivity index (χ3v) is 5.17. The Morgan fingerprint density at radius 2 is 2.09 bits per heavy atom. The van der Waals surface area contributed by atoms with Crippen molar-refractivity contribution in [2.45, 2.75) is 4.90 Å². The molecule has 23 heavy (non-hydrogen) atoms. The molecule has 1 saturated heterocycles. The van der Waals surface area contributed by atoms with Crippen LogP contribution in [0, 0.1) is 11.3 Å². The summed E-state index contributed by atoms with van der Waals surface area (Å²) in [6.07, 6.45) is 0. The van der Waals surface area contributed by atoms with E-state index < -0.39 is 22.6 Å². The van der Waals surface area contributed by atoms with Crippen molar-refractivity contribution in [2.75, 3.05) is 40.0 Å². The van der Waals surface area contributed by atoms with Gasteiger partial charge in [0.05, 0.1) is 25.9 Å². The van der Waals surface area contributed by atoms with Gasteiger partial charge >= 0.3 is 5.97 Å². The normalized spacial score (nSPS) is 15.7. The van der Waals surface area contributed by atoms with Gasteiger partial charge in [-0.3, -0.25) is 0 Å². The molecule has 124 valence electrons. The third kappa shape index (κ3) is 3.79. The van der Waals surface area contributed by atoms with Crippen molar-refractivity contribution in [1.29, 1.82) is 5.26 Å². The molecule has 1 aromatic carbocycles. The fraction of sp³-hybridized carbons (Fsp3) is 0.429. The summed E-state index contributed by atoms with van der Waals surface area (Å²) in [5, 5.41) is 8.44. The summed E-state index contributed by atoms with van der Waals surface area (Å²) in [7, 11) is -2.48. The molecule has 1 heterocycles. The van der Waals surface area contributed by atoms with Crippen LogP contribution in [0.4, 0.5) is 0 Å². The SMILES string of the molecule is COc1ccc(C(=O)OCC#N)cc1S(=O)(=O)N1CCOCC1. The number of nitrogens with zero attached hydrogens (tertiary/aromatic N) is 2. The van der Waals surface area contributed by atoms with Gasteiger partial charge in [-0.05, 0) is 18.2 Å². The van der Waals surface area contributed by atoms with Gasteiger partial charge in [0.25, 0.3) is 0 Å². The van der Waals surface area contributed by atoms with Crippen LogP contribution in [0.2, 0.25) is 0 Å². The van der Waals surface area contributed by atoms with Crippen molar-refractivity contribution in [1.82, 2.24) is 4.31 Å². The number of morpholine rings is 1. The summed E-state index contributed by atoms with van der Waals surface area (Å²) in [5.41, 5.74) is 0.0351. The number of carbonyl (C=O) groups is 1. The molecule has 0 amide bonds. The minimum absolute atomic E-state index is 0.0351. The number of benzene rings is 1. The predicted molar refractivity (Wildman–Crippen MR) is 78.5 cm³/mol. The van der Waals surface area contributed by atoms with Crippen LogP contribution in [0.3, 0.4) is 0 Å². The topological polar surface area (TPSA) is 106 Å². The first-order valence-corrected chi connectivity index (χ1v) is 8.24. The fourth-order valence-electron chi connectivity index (χ4n) is 2.11. The van der Waals surface area contributed by atoms with E-state index >= 15 is 0 Å². The number of hydrogen-bond acceptors (Lipinski definition) is 7. The van der Waals surface area contributed by atoms with E-state index in [0.29, 0.717) is 13.2 Å². The van der Waals surface area contributed by atoms with Crippen molar-refractivity contribution in [2.24, 2.45) is 0 Å². The molecule has 1 aromatic rings. The van der Waals surface area contributed by atoms with Crippen LogP contribution in [-0.2, 0) is 19.5 Å². The Balaban J connectivity index is 2.39. The molecule has 0 unspecified atom stereocenters. The first-order chi connectivity index (χ1) is 11.0. The Hall–Kier alpha value is -2.15. The lowest BCUT2D eigenvalue weighted by molar-refractivity contribution is 0.0554. The van der Waals surface area contributed by atoms with Crippen LogP contribution in [0.1, 0.15) is 10.4 Å². The Labute approximate surface area is 134 Å². The highest BCUT2D eigenvalue weighted by Gasteiger charge is 2.30. The Bertz CT molecular complexity index is 719. The molecule has 1 aliphatic heterocycles. The lowest BCUT2D eigenvalue weighted by atomic mass is 10.2. The Morgan fingerprint density at radius 1 is 1.39 bits per heavy atom. The number of rotatable bonds is 5. The summed E-state index contributed by atoms with van der Waals surface area (Å²) in [5.74, 6) is -0.638. The zero-order valence-electron chi connectivity index (χ0n) is 12.5. The molecule has 0 spiro atoms. The second-order valence-electron chi connectivity index (χ2n) is 4.62. The van der Waals surface area contributed by atoms with Crippen LogP contribution < -0.4 is 4.74 Å². The molecule has 1 fully saturated rings. The molecular formula is C14H16N2O6S. The van der Waals surface area contributed by atoms with Crippen molar-refractivity contribution in [3.05, 3.63) is 23.8 Å². The maximum Gasteiger partial charge on any atom is 0.339 e. The van der Waals surface area contributed by atoms with Gasteiger partial charge in [-0.15, -0.1) is 0 Å². The summed E-state index contributed by atoms with van der Waals surface area (Å²) < 4.78 is 41.7. The molecule has 1 aliphatic rings. The van der Waals surface area contributed by atoms with Gasteiger partial charge in [0.1, 0.15) is 16.7 Å². The monoisotopic (exact) mass is 340 g/mol. The maximum absolute atomic E-state index is 12.7. The summed E-state index contributed by atoms with van der Waals surface area (Å²) in [6.45, 7) is 0.677. The lowest BCUT2D eigenvalue weighted by Gasteiger charge is -2.26. The number of sulfonamides is 1. The van der Waals surface area contributed by atoms with Gasteiger partial charge < -0.3 is 14.2 Å². The zero-order chi connectivity index (χ0) is 16.9. The Kier molecular flexibility index (Phi) is 5.54. The highest BCUT2D eigenvalue weighted by atomic mass is 32.2. The van der Waals surface area contributed by atoms with E-state index in [4.69, 9.17) is 19.5 Å². The van der Waals surface area contributed by atoms with Crippen molar-refractivity contribution in [3.8, 4) is 11.8 Å². The average Bonchev–Trinajstić information content (AvgIpc) is 2.59. The van der Waals surface area contributed by atoms with Gasteiger partial charge in [-0.1, -0.05) is 0 Å². The number of esters is 1. The van der Waals surface area contributed by atoms with E-state index in [2.05, 4.69) is 0 Å². The average molecular weight is 340 g/mol. The number of carbonyl (C=O) groups excluding carboxylic acids is 1. The quantitative estimate of drug-likeness (QED) is 0.714. The molecule has 0 aliphatic carbocycles. The van der Waals surface area contributed by atoms with Gasteiger partial charge in [0.2, 0.25) is 10.0 Å². The number of methoxy groups -OCH3 is 1. The second kappa shape index (κ2) is 7.41. The number of ether oxygens (including phenoxy) is 3. The summed E-state index contributed by atoms with van der Waals surface area (Å²) >= 11 is 0. The van der Waals surface area contributed by atoms with E-state index in [-0.39, 0.29) is 29.3 Å². The van der Waals surface area contributed by atoms with Crippen LogP contribution in [0.15, 0.2) is 23.1 Å². The first kappa shape index (κ1) is 17.2. The van der Waals surface area contributed by atoms with Crippen LogP contribution in [0.25, 0.3) is 0 Å². The van der Waals surface area contributed by atoms with E-state index in [9.17, 15) is 13.2 Å². The number of nitriles is 1. The number of hydrogen-bond donors (Lipinski definition) is 0.